The summed E-state index contributed by atoms with van der Waals surface area (Å²) in [4.78, 5) is 38.4. The van der Waals surface area contributed by atoms with Crippen LogP contribution in [0, 0.1) is 10.1 Å². The van der Waals surface area contributed by atoms with Gasteiger partial charge in [-0.15, -0.1) is 11.3 Å². The van der Waals surface area contributed by atoms with Crippen LogP contribution in [0.4, 0.5) is 17.1 Å². The molecule has 30 heavy (non-hydrogen) atoms. The van der Waals surface area contributed by atoms with Gasteiger partial charge in [0.1, 0.15) is 0 Å². The van der Waals surface area contributed by atoms with E-state index in [4.69, 9.17) is 11.6 Å². The lowest BCUT2D eigenvalue weighted by molar-refractivity contribution is -0.384. The molecule has 152 valence electrons. The number of rotatable bonds is 4. The molecule has 0 spiro atoms. The largest absolute Gasteiger partial charge is 0.322 e. The molecule has 2 heterocycles. The molecule has 0 unspecified atom stereocenters. The summed E-state index contributed by atoms with van der Waals surface area (Å²) in [7, 11) is 0. The summed E-state index contributed by atoms with van der Waals surface area (Å²) >= 11 is 7.45. The Hall–Kier alpha value is -3.23. The molecule has 1 aliphatic heterocycles. The third-order valence-corrected chi connectivity index (χ3v) is 6.03. The van der Waals surface area contributed by atoms with E-state index in [0.717, 1.165) is 30.2 Å². The summed E-state index contributed by atoms with van der Waals surface area (Å²) in [5.41, 5.74) is 2.05. The molecule has 1 aliphatic rings. The number of thiophene rings is 1. The van der Waals surface area contributed by atoms with E-state index in [9.17, 15) is 19.7 Å². The van der Waals surface area contributed by atoms with E-state index in [1.54, 1.807) is 23.1 Å². The smallest absolute Gasteiger partial charge is 0.270 e. The molecule has 1 aromatic heterocycles. The number of nitro groups is 1. The average Bonchev–Trinajstić information content (AvgIpc) is 3.27. The first-order valence-corrected chi connectivity index (χ1v) is 10.4. The molecule has 9 heteroatoms. The van der Waals surface area contributed by atoms with Crippen LogP contribution < -0.4 is 10.2 Å². The predicted molar refractivity (Wildman–Crippen MR) is 117 cm³/mol. The van der Waals surface area contributed by atoms with Crippen molar-refractivity contribution >= 4 is 51.8 Å². The third-order valence-electron chi connectivity index (χ3n) is 4.84. The second-order valence-electron chi connectivity index (χ2n) is 6.76. The van der Waals surface area contributed by atoms with Crippen LogP contribution >= 0.6 is 22.9 Å². The number of non-ortho nitro benzene ring substituents is 1. The van der Waals surface area contributed by atoms with Crippen molar-refractivity contribution in [2.45, 2.75) is 12.8 Å². The molecule has 0 aliphatic carbocycles. The van der Waals surface area contributed by atoms with Crippen molar-refractivity contribution in [3.63, 3.8) is 0 Å². The van der Waals surface area contributed by atoms with E-state index >= 15 is 0 Å². The number of benzene rings is 2. The Morgan fingerprint density at radius 1 is 1.17 bits per heavy atom. The first-order valence-electron chi connectivity index (χ1n) is 9.17. The van der Waals surface area contributed by atoms with Gasteiger partial charge in [-0.2, -0.15) is 0 Å². The number of amides is 2. The monoisotopic (exact) mass is 441 g/mol. The Morgan fingerprint density at radius 2 is 2.00 bits per heavy atom. The minimum atomic E-state index is -0.583. The molecule has 0 atom stereocenters. The number of aryl methyl sites for hydroxylation is 1. The van der Waals surface area contributed by atoms with Gasteiger partial charge >= 0.3 is 0 Å². The van der Waals surface area contributed by atoms with Crippen LogP contribution in [0.1, 0.15) is 32.0 Å². The number of nitro benzene ring substituents is 1. The van der Waals surface area contributed by atoms with Crippen LogP contribution in [0.3, 0.4) is 0 Å². The van der Waals surface area contributed by atoms with Gasteiger partial charge in [-0.05, 0) is 48.1 Å². The molecule has 1 N–H and O–H groups in total. The summed E-state index contributed by atoms with van der Waals surface area (Å²) in [5.74, 6) is -0.633. The SMILES string of the molecule is O=C(Nc1ccc2c(c1)N(C(=O)c1cccs1)CCC2)c1cc([N+](=O)[O-])ccc1Cl. The molecule has 0 bridgehead atoms. The average molecular weight is 442 g/mol. The quantitative estimate of drug-likeness (QED) is 0.447. The zero-order chi connectivity index (χ0) is 21.3. The highest BCUT2D eigenvalue weighted by atomic mass is 35.5. The summed E-state index contributed by atoms with van der Waals surface area (Å²) in [6.07, 6.45) is 1.70. The molecule has 4 rings (SSSR count). The predicted octanol–water partition coefficient (Wildman–Crippen LogP) is 5.16. The second-order valence-corrected chi connectivity index (χ2v) is 8.11. The Kier molecular flexibility index (Phi) is 5.52. The maximum absolute atomic E-state index is 12.9. The van der Waals surface area contributed by atoms with Gasteiger partial charge in [-0.3, -0.25) is 19.7 Å². The highest BCUT2D eigenvalue weighted by Gasteiger charge is 2.25. The fourth-order valence-electron chi connectivity index (χ4n) is 3.40. The fourth-order valence-corrected chi connectivity index (χ4v) is 4.27. The number of halogens is 1. The first-order chi connectivity index (χ1) is 14.4. The summed E-state index contributed by atoms with van der Waals surface area (Å²) < 4.78 is 0. The van der Waals surface area contributed by atoms with E-state index in [0.29, 0.717) is 17.1 Å². The molecule has 3 aromatic rings. The van der Waals surface area contributed by atoms with Gasteiger partial charge in [0.15, 0.2) is 0 Å². The number of carbonyl (C=O) groups excluding carboxylic acids is 2. The van der Waals surface area contributed by atoms with E-state index in [1.807, 2.05) is 17.5 Å². The standard InChI is InChI=1S/C21H16ClN3O4S/c22-17-8-7-15(25(28)29)12-16(17)20(26)23-14-6-5-13-3-1-9-24(18(13)11-14)21(27)19-4-2-10-30-19/h2,4-8,10-12H,1,3,9H2,(H,23,26). The lowest BCUT2D eigenvalue weighted by Crippen LogP contribution is -2.35. The number of carbonyl (C=O) groups is 2. The molecular weight excluding hydrogens is 426 g/mol. The number of nitrogens with zero attached hydrogens (tertiary/aromatic N) is 2. The number of fused-ring (bicyclic) bond motifs is 1. The maximum Gasteiger partial charge on any atom is 0.270 e. The van der Waals surface area contributed by atoms with E-state index in [-0.39, 0.29) is 22.2 Å². The normalized spacial score (nSPS) is 12.9. The molecular formula is C21H16ClN3O4S. The zero-order valence-corrected chi connectivity index (χ0v) is 17.2. The number of nitrogens with one attached hydrogen (secondary N) is 1. The van der Waals surface area contributed by atoms with Crippen LogP contribution in [-0.2, 0) is 6.42 Å². The van der Waals surface area contributed by atoms with Gasteiger partial charge in [-0.1, -0.05) is 23.7 Å². The molecule has 2 aromatic carbocycles. The minimum absolute atomic E-state index is 0.00936. The summed E-state index contributed by atoms with van der Waals surface area (Å²) in [6, 6.07) is 12.7. The minimum Gasteiger partial charge on any atom is -0.322 e. The van der Waals surface area contributed by atoms with Crippen molar-refractivity contribution in [3.05, 3.63) is 85.1 Å². The number of hydrogen-bond acceptors (Lipinski definition) is 5. The number of anilines is 2. The van der Waals surface area contributed by atoms with Crippen LogP contribution in [0.2, 0.25) is 5.02 Å². The maximum atomic E-state index is 12.9. The molecule has 0 saturated heterocycles. The molecule has 0 radical (unpaired) electrons. The Bertz CT molecular complexity index is 1150. The Morgan fingerprint density at radius 3 is 2.73 bits per heavy atom. The molecule has 0 fully saturated rings. The van der Waals surface area contributed by atoms with Crippen molar-refractivity contribution in [1.29, 1.82) is 0 Å². The fraction of sp³-hybridized carbons (Fsp3) is 0.143. The van der Waals surface area contributed by atoms with Crippen LogP contribution in [0.15, 0.2) is 53.9 Å². The molecule has 2 amide bonds. The summed E-state index contributed by atoms with van der Waals surface area (Å²) in [5, 5.41) is 15.7. The van der Waals surface area contributed by atoms with Gasteiger partial charge in [-0.25, -0.2) is 0 Å². The van der Waals surface area contributed by atoms with E-state index in [1.165, 1.54) is 23.5 Å². The second kappa shape index (κ2) is 8.25. The molecule has 7 nitrogen and oxygen atoms in total. The van der Waals surface area contributed by atoms with Gasteiger partial charge in [0, 0.05) is 30.1 Å². The lowest BCUT2D eigenvalue weighted by atomic mass is 10.0. The first kappa shape index (κ1) is 20.1. The van der Waals surface area contributed by atoms with Crippen molar-refractivity contribution in [3.8, 4) is 0 Å². The summed E-state index contributed by atoms with van der Waals surface area (Å²) in [6.45, 7) is 0.595. The van der Waals surface area contributed by atoms with Gasteiger partial charge in [0.2, 0.25) is 0 Å². The third kappa shape index (κ3) is 3.92. The van der Waals surface area contributed by atoms with E-state index in [2.05, 4.69) is 5.32 Å². The number of hydrogen-bond donors (Lipinski definition) is 1. The molecule has 0 saturated carbocycles. The van der Waals surface area contributed by atoms with Crippen molar-refractivity contribution in [1.82, 2.24) is 0 Å². The van der Waals surface area contributed by atoms with E-state index < -0.39 is 10.8 Å². The highest BCUT2D eigenvalue weighted by molar-refractivity contribution is 7.12. The van der Waals surface area contributed by atoms with Gasteiger partial charge in [0.05, 0.1) is 20.4 Å². The van der Waals surface area contributed by atoms with Crippen LogP contribution in [-0.4, -0.2) is 23.3 Å². The van der Waals surface area contributed by atoms with Crippen molar-refractivity contribution in [2.75, 3.05) is 16.8 Å². The van der Waals surface area contributed by atoms with Crippen molar-refractivity contribution in [2.24, 2.45) is 0 Å². The van der Waals surface area contributed by atoms with Gasteiger partial charge < -0.3 is 10.2 Å². The Balaban J connectivity index is 1.62. The Labute approximate surface area is 181 Å². The van der Waals surface area contributed by atoms with Crippen LogP contribution in [0.5, 0.6) is 0 Å². The van der Waals surface area contributed by atoms with Crippen LogP contribution in [0.25, 0.3) is 0 Å². The van der Waals surface area contributed by atoms with Gasteiger partial charge in [0.25, 0.3) is 17.5 Å². The van der Waals surface area contributed by atoms with Crippen molar-refractivity contribution < 1.29 is 14.5 Å². The topological polar surface area (TPSA) is 92.6 Å². The lowest BCUT2D eigenvalue weighted by Gasteiger charge is -2.29. The zero-order valence-electron chi connectivity index (χ0n) is 15.6. The highest BCUT2D eigenvalue weighted by Crippen LogP contribution is 2.32.